The first-order valence-electron chi connectivity index (χ1n) is 6.78. The summed E-state index contributed by atoms with van der Waals surface area (Å²) in [5.74, 6) is 0. The molecule has 2 N–H and O–H groups in total. The van der Waals surface area contributed by atoms with Gasteiger partial charge in [0.15, 0.2) is 0 Å². The molecule has 0 aliphatic rings. The Morgan fingerprint density at radius 1 is 1.25 bits per heavy atom. The highest BCUT2D eigenvalue weighted by Gasteiger charge is 2.02. The number of benzene rings is 1. The summed E-state index contributed by atoms with van der Waals surface area (Å²) in [6.07, 6.45) is 1.91. The molecule has 2 rings (SSSR count). The summed E-state index contributed by atoms with van der Waals surface area (Å²) in [6.45, 7) is 3.97. The highest BCUT2D eigenvalue weighted by atomic mass is 16.1. The normalized spacial score (nSPS) is 11.4. The van der Waals surface area contributed by atoms with Gasteiger partial charge in [0.2, 0.25) is 5.56 Å². The largest absolute Gasteiger partial charge is 0.326 e. The van der Waals surface area contributed by atoms with E-state index in [0.717, 1.165) is 29.8 Å². The number of hydrogen-bond donors (Lipinski definition) is 2. The van der Waals surface area contributed by atoms with E-state index in [-0.39, 0.29) is 5.56 Å². The van der Waals surface area contributed by atoms with Gasteiger partial charge < -0.3 is 4.98 Å². The molecule has 0 saturated carbocycles. The highest BCUT2D eigenvalue weighted by molar-refractivity contribution is 6.00. The van der Waals surface area contributed by atoms with Gasteiger partial charge in [0.1, 0.15) is 0 Å². The topological polar surface area (TPSA) is 57.2 Å². The van der Waals surface area contributed by atoms with E-state index < -0.39 is 0 Å². The van der Waals surface area contributed by atoms with Gasteiger partial charge in [-0.2, -0.15) is 5.10 Å². The predicted octanol–water partition coefficient (Wildman–Crippen LogP) is 3.30. The van der Waals surface area contributed by atoms with Crippen LogP contribution in [0.5, 0.6) is 0 Å². The van der Waals surface area contributed by atoms with E-state index in [1.54, 1.807) is 0 Å². The van der Waals surface area contributed by atoms with E-state index >= 15 is 0 Å². The van der Waals surface area contributed by atoms with Crippen molar-refractivity contribution in [2.45, 2.75) is 26.7 Å². The number of aromatic amines is 1. The van der Waals surface area contributed by atoms with Crippen molar-refractivity contribution in [1.29, 1.82) is 0 Å². The summed E-state index contributed by atoms with van der Waals surface area (Å²) >= 11 is 0. The molecule has 1 aromatic carbocycles. The molecule has 0 spiro atoms. The minimum Gasteiger partial charge on any atom is -0.326 e. The van der Waals surface area contributed by atoms with Crippen LogP contribution in [0, 0.1) is 6.92 Å². The fourth-order valence-electron chi connectivity index (χ4n) is 2.01. The molecule has 1 aromatic heterocycles. The lowest BCUT2D eigenvalue weighted by molar-refractivity contribution is 0.987. The van der Waals surface area contributed by atoms with Crippen molar-refractivity contribution >= 4 is 11.4 Å². The molecule has 2 aromatic rings. The third kappa shape index (κ3) is 3.82. The number of hydrogen-bond acceptors (Lipinski definition) is 3. The van der Waals surface area contributed by atoms with Crippen molar-refractivity contribution in [3.63, 3.8) is 0 Å². The number of aryl methyl sites for hydroxylation is 1. The lowest BCUT2D eigenvalue weighted by Gasteiger charge is -2.07. The van der Waals surface area contributed by atoms with E-state index in [4.69, 9.17) is 0 Å². The smallest absolute Gasteiger partial charge is 0.250 e. The van der Waals surface area contributed by atoms with Gasteiger partial charge in [-0.3, -0.25) is 10.2 Å². The number of nitrogens with one attached hydrogen (secondary N) is 2. The maximum absolute atomic E-state index is 11.4. The fraction of sp³-hybridized carbons (Fsp3) is 0.250. The zero-order valence-electron chi connectivity index (χ0n) is 11.8. The lowest BCUT2D eigenvalue weighted by atomic mass is 10.1. The average molecular weight is 269 g/mol. The van der Waals surface area contributed by atoms with Crippen LogP contribution < -0.4 is 11.0 Å². The lowest BCUT2D eigenvalue weighted by Crippen LogP contribution is -2.09. The maximum atomic E-state index is 11.4. The van der Waals surface area contributed by atoms with Crippen molar-refractivity contribution < 1.29 is 0 Å². The second-order valence-electron chi connectivity index (χ2n) is 4.70. The van der Waals surface area contributed by atoms with Crippen LogP contribution in [0.1, 0.15) is 31.0 Å². The first-order valence-corrected chi connectivity index (χ1v) is 6.78. The minimum absolute atomic E-state index is 0.126. The first-order chi connectivity index (χ1) is 9.69. The molecule has 0 aliphatic carbocycles. The van der Waals surface area contributed by atoms with Crippen LogP contribution in [0.4, 0.5) is 5.69 Å². The standard InChI is InChI=1S/C16H19N3O/c1-3-7-15(13-8-5-4-6-9-13)19-18-14-10-12(2)17-16(20)11-14/h4-6,8-11H,3,7H2,1-2H3,(H2,17,18,20)/b19-15+. The highest BCUT2D eigenvalue weighted by Crippen LogP contribution is 2.09. The Bertz CT molecular complexity index is 644. The van der Waals surface area contributed by atoms with Crippen molar-refractivity contribution in [3.05, 3.63) is 64.1 Å². The summed E-state index contributed by atoms with van der Waals surface area (Å²) in [5.41, 5.74) is 6.46. The molecule has 4 nitrogen and oxygen atoms in total. The Balaban J connectivity index is 2.23. The van der Waals surface area contributed by atoms with Crippen molar-refractivity contribution in [2.24, 2.45) is 5.10 Å². The zero-order valence-corrected chi connectivity index (χ0v) is 11.8. The fourth-order valence-corrected chi connectivity index (χ4v) is 2.01. The van der Waals surface area contributed by atoms with Gasteiger partial charge in [0.25, 0.3) is 0 Å². The van der Waals surface area contributed by atoms with Gasteiger partial charge in [-0.25, -0.2) is 0 Å². The van der Waals surface area contributed by atoms with Crippen molar-refractivity contribution in [3.8, 4) is 0 Å². The first kappa shape index (κ1) is 14.1. The molecule has 1 heterocycles. The van der Waals surface area contributed by atoms with E-state index in [1.807, 2.05) is 43.3 Å². The zero-order chi connectivity index (χ0) is 14.4. The third-order valence-corrected chi connectivity index (χ3v) is 2.89. The van der Waals surface area contributed by atoms with E-state index in [2.05, 4.69) is 22.4 Å². The number of nitrogens with zero attached hydrogens (tertiary/aromatic N) is 1. The number of anilines is 1. The minimum atomic E-state index is -0.126. The van der Waals surface area contributed by atoms with Crippen LogP contribution in [0.25, 0.3) is 0 Å². The molecule has 0 bridgehead atoms. The van der Waals surface area contributed by atoms with E-state index in [1.165, 1.54) is 6.07 Å². The summed E-state index contributed by atoms with van der Waals surface area (Å²) in [7, 11) is 0. The van der Waals surface area contributed by atoms with E-state index in [0.29, 0.717) is 5.69 Å². The van der Waals surface area contributed by atoms with Gasteiger partial charge >= 0.3 is 0 Å². The summed E-state index contributed by atoms with van der Waals surface area (Å²) in [6, 6.07) is 13.4. The van der Waals surface area contributed by atoms with Gasteiger partial charge in [-0.1, -0.05) is 43.7 Å². The quantitative estimate of drug-likeness (QED) is 0.646. The molecule has 0 fully saturated rings. The van der Waals surface area contributed by atoms with Crippen LogP contribution in [0.3, 0.4) is 0 Å². The molecular weight excluding hydrogens is 250 g/mol. The molecular formula is C16H19N3O. The molecule has 0 atom stereocenters. The van der Waals surface area contributed by atoms with E-state index in [9.17, 15) is 4.79 Å². The molecule has 20 heavy (non-hydrogen) atoms. The Morgan fingerprint density at radius 3 is 2.65 bits per heavy atom. The number of hydrazone groups is 1. The number of rotatable bonds is 5. The molecule has 4 heteroatoms. The van der Waals surface area contributed by atoms with Crippen LogP contribution >= 0.6 is 0 Å². The summed E-state index contributed by atoms with van der Waals surface area (Å²) < 4.78 is 0. The SMILES string of the molecule is CCC/C(=N\Nc1cc(C)[nH]c(=O)c1)c1ccccc1. The summed E-state index contributed by atoms with van der Waals surface area (Å²) in [4.78, 5) is 14.1. The summed E-state index contributed by atoms with van der Waals surface area (Å²) in [5, 5.41) is 4.45. The molecule has 0 unspecified atom stereocenters. The van der Waals surface area contributed by atoms with Crippen LogP contribution in [-0.2, 0) is 0 Å². The molecule has 104 valence electrons. The molecule has 0 amide bonds. The van der Waals surface area contributed by atoms with Crippen LogP contribution in [-0.4, -0.2) is 10.7 Å². The average Bonchev–Trinajstić information content (AvgIpc) is 2.43. The third-order valence-electron chi connectivity index (χ3n) is 2.89. The van der Waals surface area contributed by atoms with Gasteiger partial charge in [-0.05, 0) is 25.0 Å². The number of pyridine rings is 1. The predicted molar refractivity (Wildman–Crippen MR) is 83.3 cm³/mol. The van der Waals surface area contributed by atoms with Crippen molar-refractivity contribution in [2.75, 3.05) is 5.43 Å². The second-order valence-corrected chi connectivity index (χ2v) is 4.70. The van der Waals surface area contributed by atoms with Gasteiger partial charge in [0.05, 0.1) is 11.4 Å². The van der Waals surface area contributed by atoms with Crippen LogP contribution in [0.2, 0.25) is 0 Å². The maximum Gasteiger partial charge on any atom is 0.250 e. The number of aromatic nitrogens is 1. The Labute approximate surface area is 118 Å². The van der Waals surface area contributed by atoms with Gasteiger partial charge in [0, 0.05) is 11.8 Å². The molecule has 0 saturated heterocycles. The molecule has 0 radical (unpaired) electrons. The van der Waals surface area contributed by atoms with Crippen molar-refractivity contribution in [1.82, 2.24) is 4.98 Å². The molecule has 0 aliphatic heterocycles. The Hall–Kier alpha value is -2.36. The van der Waals surface area contributed by atoms with Crippen LogP contribution in [0.15, 0.2) is 52.4 Å². The Morgan fingerprint density at radius 2 is 2.00 bits per heavy atom. The number of H-pyrrole nitrogens is 1. The second kappa shape index (κ2) is 6.70. The monoisotopic (exact) mass is 269 g/mol. The Kier molecular flexibility index (Phi) is 4.71. The van der Waals surface area contributed by atoms with Gasteiger partial charge in [-0.15, -0.1) is 0 Å².